The lowest BCUT2D eigenvalue weighted by Gasteiger charge is -2.34. The van der Waals surface area contributed by atoms with Crippen molar-refractivity contribution in [2.75, 3.05) is 36.0 Å². The third-order valence-corrected chi connectivity index (χ3v) is 6.18. The second kappa shape index (κ2) is 8.89. The number of carbonyl (C=O) groups is 1. The predicted molar refractivity (Wildman–Crippen MR) is 120 cm³/mol. The molecule has 1 fully saturated rings. The van der Waals surface area contributed by atoms with Crippen LogP contribution in [-0.2, 0) is 11.3 Å². The Morgan fingerprint density at radius 1 is 1.07 bits per heavy atom. The molecular weight excluding hydrogens is 396 g/mol. The van der Waals surface area contributed by atoms with Gasteiger partial charge in [-0.15, -0.1) is 11.3 Å². The van der Waals surface area contributed by atoms with Crippen molar-refractivity contribution in [1.29, 1.82) is 0 Å². The molecule has 3 heterocycles. The van der Waals surface area contributed by atoms with Gasteiger partial charge in [-0.05, 0) is 31.0 Å². The molecule has 0 bridgehead atoms. The third-order valence-electron chi connectivity index (χ3n) is 5.30. The molecule has 1 aliphatic heterocycles. The van der Waals surface area contributed by atoms with Crippen LogP contribution in [0.25, 0.3) is 0 Å². The van der Waals surface area contributed by atoms with Gasteiger partial charge < -0.3 is 4.90 Å². The van der Waals surface area contributed by atoms with Gasteiger partial charge in [0.25, 0.3) is 0 Å². The minimum absolute atomic E-state index is 0.0234. The average Bonchev–Trinajstić information content (AvgIpc) is 3.19. The van der Waals surface area contributed by atoms with Crippen molar-refractivity contribution < 1.29 is 4.79 Å². The number of thiazole rings is 1. The van der Waals surface area contributed by atoms with Gasteiger partial charge in [0.15, 0.2) is 5.13 Å². The van der Waals surface area contributed by atoms with Crippen molar-refractivity contribution in [3.05, 3.63) is 58.9 Å². The van der Waals surface area contributed by atoms with Crippen LogP contribution in [0.5, 0.6) is 0 Å². The van der Waals surface area contributed by atoms with Crippen molar-refractivity contribution in [2.45, 2.75) is 27.3 Å². The molecule has 0 radical (unpaired) electrons. The molecule has 0 N–H and O–H groups in total. The van der Waals surface area contributed by atoms with Crippen molar-refractivity contribution in [2.24, 2.45) is 0 Å². The van der Waals surface area contributed by atoms with Gasteiger partial charge >= 0.3 is 0 Å². The third kappa shape index (κ3) is 4.34. The van der Waals surface area contributed by atoms with Crippen LogP contribution in [0.3, 0.4) is 0 Å². The Kier molecular flexibility index (Phi) is 6.06. The van der Waals surface area contributed by atoms with Crippen LogP contribution in [0.4, 0.5) is 16.8 Å². The Bertz CT molecular complexity index is 993. The predicted octanol–water partition coefficient (Wildman–Crippen LogP) is 3.56. The van der Waals surface area contributed by atoms with Gasteiger partial charge in [-0.1, -0.05) is 18.2 Å². The fourth-order valence-electron chi connectivity index (χ4n) is 3.81. The largest absolute Gasteiger partial charge is 0.338 e. The molecule has 7 nitrogen and oxygen atoms in total. The van der Waals surface area contributed by atoms with Gasteiger partial charge in [0.1, 0.15) is 0 Å². The maximum absolute atomic E-state index is 12.5. The molecule has 0 saturated carbocycles. The molecule has 1 amide bonds. The fourth-order valence-corrected chi connectivity index (χ4v) is 4.67. The number of para-hydroxylation sites is 1. The quantitative estimate of drug-likeness (QED) is 0.626. The molecule has 1 saturated heterocycles. The summed E-state index contributed by atoms with van der Waals surface area (Å²) in [7, 11) is 0. The SMILES string of the molecule is CC(=O)N(c1nc(CN2CCN(c3ncccn3)CC2)cs1)c1c(C)cccc1C. The van der Waals surface area contributed by atoms with E-state index in [1.807, 2.05) is 38.1 Å². The van der Waals surface area contributed by atoms with E-state index in [2.05, 4.69) is 25.1 Å². The summed E-state index contributed by atoms with van der Waals surface area (Å²) >= 11 is 1.52. The van der Waals surface area contributed by atoms with Gasteiger partial charge in [0, 0.05) is 57.4 Å². The van der Waals surface area contributed by atoms with E-state index in [9.17, 15) is 4.79 Å². The molecule has 1 aliphatic rings. The molecule has 2 aromatic heterocycles. The number of hydrogen-bond acceptors (Lipinski definition) is 7. The Morgan fingerprint density at radius 3 is 2.37 bits per heavy atom. The zero-order valence-corrected chi connectivity index (χ0v) is 18.4. The Balaban J connectivity index is 1.44. The van der Waals surface area contributed by atoms with Gasteiger partial charge in [0.05, 0.1) is 11.4 Å². The smallest absolute Gasteiger partial charge is 0.230 e. The standard InChI is InChI=1S/C22H26N6OS/c1-16-6-4-7-17(2)20(16)28(18(3)29)22-25-19(15-30-22)14-26-10-12-27(13-11-26)21-23-8-5-9-24-21/h4-9,15H,10-14H2,1-3H3. The molecule has 8 heteroatoms. The number of rotatable bonds is 5. The van der Waals surface area contributed by atoms with E-state index in [-0.39, 0.29) is 5.91 Å². The second-order valence-electron chi connectivity index (χ2n) is 7.53. The Hall–Kier alpha value is -2.84. The Morgan fingerprint density at radius 2 is 1.73 bits per heavy atom. The van der Waals surface area contributed by atoms with E-state index < -0.39 is 0 Å². The number of piperazine rings is 1. The number of benzene rings is 1. The lowest BCUT2D eigenvalue weighted by molar-refractivity contribution is -0.115. The highest BCUT2D eigenvalue weighted by molar-refractivity contribution is 7.14. The molecule has 1 aromatic carbocycles. The highest BCUT2D eigenvalue weighted by Crippen LogP contribution is 2.34. The summed E-state index contributed by atoms with van der Waals surface area (Å²) < 4.78 is 0. The lowest BCUT2D eigenvalue weighted by atomic mass is 10.1. The number of hydrogen-bond donors (Lipinski definition) is 0. The number of carbonyl (C=O) groups excluding carboxylic acids is 1. The summed E-state index contributed by atoms with van der Waals surface area (Å²) in [5, 5.41) is 2.79. The molecule has 3 aromatic rings. The number of nitrogens with zero attached hydrogens (tertiary/aromatic N) is 6. The number of aromatic nitrogens is 3. The number of anilines is 3. The summed E-state index contributed by atoms with van der Waals surface area (Å²) in [5.74, 6) is 0.767. The monoisotopic (exact) mass is 422 g/mol. The first-order valence-corrected chi connectivity index (χ1v) is 11.0. The summed E-state index contributed by atoms with van der Waals surface area (Å²) in [4.78, 5) is 32.3. The molecule has 30 heavy (non-hydrogen) atoms. The normalized spacial score (nSPS) is 14.7. The van der Waals surface area contributed by atoms with E-state index in [4.69, 9.17) is 4.98 Å². The molecule has 0 unspecified atom stereocenters. The first-order valence-electron chi connectivity index (χ1n) is 10.1. The van der Waals surface area contributed by atoms with Crippen LogP contribution in [0.2, 0.25) is 0 Å². The van der Waals surface area contributed by atoms with E-state index in [1.165, 1.54) is 11.3 Å². The van der Waals surface area contributed by atoms with E-state index in [0.29, 0.717) is 0 Å². The van der Waals surface area contributed by atoms with Crippen molar-refractivity contribution >= 4 is 34.0 Å². The van der Waals surface area contributed by atoms with Gasteiger partial charge in [-0.2, -0.15) is 0 Å². The van der Waals surface area contributed by atoms with E-state index in [0.717, 1.165) is 66.3 Å². The highest BCUT2D eigenvalue weighted by atomic mass is 32.1. The molecule has 0 atom stereocenters. The van der Waals surface area contributed by atoms with Gasteiger partial charge in [0.2, 0.25) is 11.9 Å². The zero-order valence-electron chi connectivity index (χ0n) is 17.6. The number of amides is 1. The maximum atomic E-state index is 12.5. The summed E-state index contributed by atoms with van der Waals surface area (Å²) in [6, 6.07) is 7.91. The molecule has 156 valence electrons. The van der Waals surface area contributed by atoms with Crippen LogP contribution in [0.15, 0.2) is 42.0 Å². The van der Waals surface area contributed by atoms with Gasteiger partial charge in [-0.25, -0.2) is 15.0 Å². The number of aryl methyl sites for hydroxylation is 2. The van der Waals surface area contributed by atoms with Gasteiger partial charge in [-0.3, -0.25) is 14.6 Å². The van der Waals surface area contributed by atoms with Crippen LogP contribution < -0.4 is 9.80 Å². The van der Waals surface area contributed by atoms with Crippen LogP contribution in [0, 0.1) is 13.8 Å². The topological polar surface area (TPSA) is 65.5 Å². The summed E-state index contributed by atoms with van der Waals surface area (Å²) in [5.41, 5.74) is 4.07. The average molecular weight is 423 g/mol. The first-order chi connectivity index (χ1) is 14.5. The molecular formula is C22H26N6OS. The zero-order chi connectivity index (χ0) is 21.1. The Labute approximate surface area is 181 Å². The first kappa shape index (κ1) is 20.4. The second-order valence-corrected chi connectivity index (χ2v) is 8.36. The van der Waals surface area contributed by atoms with Crippen molar-refractivity contribution in [1.82, 2.24) is 19.9 Å². The summed E-state index contributed by atoms with van der Waals surface area (Å²) in [6.07, 6.45) is 3.56. The van der Waals surface area contributed by atoms with Crippen molar-refractivity contribution in [3.63, 3.8) is 0 Å². The van der Waals surface area contributed by atoms with Crippen LogP contribution in [-0.4, -0.2) is 51.9 Å². The summed E-state index contributed by atoms with van der Waals surface area (Å²) in [6.45, 7) is 10.1. The molecule has 0 spiro atoms. The highest BCUT2D eigenvalue weighted by Gasteiger charge is 2.23. The molecule has 0 aliphatic carbocycles. The minimum atomic E-state index is -0.0234. The fraction of sp³-hybridized carbons (Fsp3) is 0.364. The van der Waals surface area contributed by atoms with Crippen molar-refractivity contribution in [3.8, 4) is 0 Å². The molecule has 4 rings (SSSR count). The lowest BCUT2D eigenvalue weighted by Crippen LogP contribution is -2.46. The van der Waals surface area contributed by atoms with E-state index >= 15 is 0 Å². The van der Waals surface area contributed by atoms with Crippen LogP contribution in [0.1, 0.15) is 23.7 Å². The minimum Gasteiger partial charge on any atom is -0.338 e. The van der Waals surface area contributed by atoms with E-state index in [1.54, 1.807) is 24.2 Å². The maximum Gasteiger partial charge on any atom is 0.230 e. The van der Waals surface area contributed by atoms with Crippen LogP contribution >= 0.6 is 11.3 Å².